The number of alkyl halides is 1. The number of aromatic nitrogens is 1. The third-order valence-electron chi connectivity index (χ3n) is 1.29. The highest BCUT2D eigenvalue weighted by molar-refractivity contribution is 9.10. The van der Waals surface area contributed by atoms with Gasteiger partial charge in [-0.2, -0.15) is 0 Å². The highest BCUT2D eigenvalue weighted by Gasteiger charge is 2.05. The fourth-order valence-corrected chi connectivity index (χ4v) is 1.60. The minimum absolute atomic E-state index is 0.400. The van der Waals surface area contributed by atoms with Crippen molar-refractivity contribution in [3.05, 3.63) is 22.3 Å². The molecule has 1 aromatic rings. The van der Waals surface area contributed by atoms with Gasteiger partial charge >= 0.3 is 0 Å². The molecule has 1 heterocycles. The third kappa shape index (κ3) is 1.84. The molecule has 0 amide bonds. The van der Waals surface area contributed by atoms with Gasteiger partial charge in [-0.3, -0.25) is 0 Å². The summed E-state index contributed by atoms with van der Waals surface area (Å²) in [5.74, 6) is 0.979. The zero-order valence-corrected chi connectivity index (χ0v) is 8.32. The summed E-state index contributed by atoms with van der Waals surface area (Å²) in [4.78, 5) is 3.99. The summed E-state index contributed by atoms with van der Waals surface area (Å²) >= 11 is 9.01. The van der Waals surface area contributed by atoms with Gasteiger partial charge in [-0.25, -0.2) is 4.98 Å². The van der Waals surface area contributed by atoms with Crippen molar-refractivity contribution >= 4 is 27.5 Å². The molecule has 0 fully saturated rings. The number of rotatable bonds is 2. The molecule has 0 saturated carbocycles. The lowest BCUT2D eigenvalue weighted by Crippen LogP contribution is -1.93. The summed E-state index contributed by atoms with van der Waals surface area (Å²) in [6.07, 6.45) is 1.67. The topological polar surface area (TPSA) is 22.1 Å². The van der Waals surface area contributed by atoms with Gasteiger partial charge in [0.25, 0.3) is 0 Å². The minimum atomic E-state index is 0.400. The van der Waals surface area contributed by atoms with Crippen LogP contribution in [-0.2, 0) is 5.88 Å². The molecule has 0 atom stereocenters. The van der Waals surface area contributed by atoms with Crippen LogP contribution in [0.15, 0.2) is 16.7 Å². The molecule has 0 radical (unpaired) electrons. The van der Waals surface area contributed by atoms with E-state index < -0.39 is 0 Å². The molecule has 0 aliphatic rings. The Morgan fingerprint density at radius 2 is 2.45 bits per heavy atom. The normalized spacial score (nSPS) is 9.73. The van der Waals surface area contributed by atoms with Crippen molar-refractivity contribution in [2.24, 2.45) is 0 Å². The monoisotopic (exact) mass is 235 g/mol. The van der Waals surface area contributed by atoms with Crippen molar-refractivity contribution in [2.75, 3.05) is 7.11 Å². The first kappa shape index (κ1) is 8.81. The van der Waals surface area contributed by atoms with E-state index in [9.17, 15) is 0 Å². The Morgan fingerprint density at radius 3 is 2.91 bits per heavy atom. The van der Waals surface area contributed by atoms with Crippen LogP contribution < -0.4 is 4.74 Å². The maximum atomic E-state index is 5.67. The van der Waals surface area contributed by atoms with Gasteiger partial charge in [0, 0.05) is 16.2 Å². The molecule has 0 aliphatic carbocycles. The molecule has 11 heavy (non-hydrogen) atoms. The average molecular weight is 236 g/mol. The van der Waals surface area contributed by atoms with Gasteiger partial charge in [-0.05, 0) is 6.07 Å². The zero-order chi connectivity index (χ0) is 8.27. The third-order valence-corrected chi connectivity index (χ3v) is 2.30. The van der Waals surface area contributed by atoms with Gasteiger partial charge in [0.15, 0.2) is 0 Å². The molecular formula is C7H7BrClNO. The van der Waals surface area contributed by atoms with Crippen molar-refractivity contribution < 1.29 is 4.74 Å². The predicted molar refractivity (Wildman–Crippen MR) is 48.0 cm³/mol. The quantitative estimate of drug-likeness (QED) is 0.737. The van der Waals surface area contributed by atoms with Crippen LogP contribution in [0, 0.1) is 0 Å². The molecule has 4 heteroatoms. The summed E-state index contributed by atoms with van der Waals surface area (Å²) in [6.45, 7) is 0. The van der Waals surface area contributed by atoms with Crippen LogP contribution in [-0.4, -0.2) is 12.1 Å². The van der Waals surface area contributed by atoms with E-state index in [0.29, 0.717) is 11.8 Å². The number of ether oxygens (including phenoxy) is 1. The molecule has 0 spiro atoms. The fraction of sp³-hybridized carbons (Fsp3) is 0.286. The maximum Gasteiger partial charge on any atom is 0.218 e. The van der Waals surface area contributed by atoms with Gasteiger partial charge in [0.05, 0.1) is 13.0 Å². The molecule has 0 N–H and O–H groups in total. The second kappa shape index (κ2) is 3.93. The Bertz CT molecular complexity index is 254. The molecule has 0 aliphatic heterocycles. The van der Waals surface area contributed by atoms with Crippen LogP contribution in [0.4, 0.5) is 0 Å². The van der Waals surface area contributed by atoms with Crippen molar-refractivity contribution in [1.82, 2.24) is 4.98 Å². The Kier molecular flexibility index (Phi) is 3.15. The first-order chi connectivity index (χ1) is 5.29. The second-order valence-electron chi connectivity index (χ2n) is 1.91. The molecule has 1 aromatic heterocycles. The summed E-state index contributed by atoms with van der Waals surface area (Å²) < 4.78 is 5.92. The number of pyridine rings is 1. The van der Waals surface area contributed by atoms with Crippen LogP contribution in [0.5, 0.6) is 5.88 Å². The summed E-state index contributed by atoms with van der Waals surface area (Å²) in [5.41, 5.74) is 0.886. The van der Waals surface area contributed by atoms with E-state index in [-0.39, 0.29) is 0 Å². The number of methoxy groups -OCH3 is 1. The van der Waals surface area contributed by atoms with E-state index in [4.69, 9.17) is 16.3 Å². The fourth-order valence-electron chi connectivity index (χ4n) is 0.748. The van der Waals surface area contributed by atoms with E-state index in [0.717, 1.165) is 10.0 Å². The smallest absolute Gasteiger partial charge is 0.218 e. The highest BCUT2D eigenvalue weighted by Crippen LogP contribution is 2.25. The molecule has 60 valence electrons. The predicted octanol–water partition coefficient (Wildman–Crippen LogP) is 2.59. The van der Waals surface area contributed by atoms with Crippen molar-refractivity contribution in [1.29, 1.82) is 0 Å². The van der Waals surface area contributed by atoms with Crippen molar-refractivity contribution in [3.8, 4) is 5.88 Å². The van der Waals surface area contributed by atoms with E-state index >= 15 is 0 Å². The van der Waals surface area contributed by atoms with Crippen LogP contribution in [0.1, 0.15) is 5.56 Å². The molecule has 2 nitrogen and oxygen atoms in total. The largest absolute Gasteiger partial charge is 0.481 e. The molecule has 0 bridgehead atoms. The lowest BCUT2D eigenvalue weighted by Gasteiger charge is -2.04. The van der Waals surface area contributed by atoms with Gasteiger partial charge in [-0.15, -0.1) is 11.6 Å². The van der Waals surface area contributed by atoms with E-state index in [2.05, 4.69) is 20.9 Å². The van der Waals surface area contributed by atoms with Crippen LogP contribution >= 0.6 is 27.5 Å². The molecule has 0 aromatic carbocycles. The number of hydrogen-bond donors (Lipinski definition) is 0. The van der Waals surface area contributed by atoms with E-state index in [1.807, 2.05) is 6.07 Å². The van der Waals surface area contributed by atoms with Crippen LogP contribution in [0.3, 0.4) is 0 Å². The molecule has 1 rings (SSSR count). The lowest BCUT2D eigenvalue weighted by molar-refractivity contribution is 0.393. The Balaban J connectivity index is 3.13. The zero-order valence-electron chi connectivity index (χ0n) is 5.97. The van der Waals surface area contributed by atoms with E-state index in [1.165, 1.54) is 0 Å². The molecule has 0 unspecified atom stereocenters. The van der Waals surface area contributed by atoms with Crippen LogP contribution in [0.25, 0.3) is 0 Å². The highest BCUT2D eigenvalue weighted by atomic mass is 79.9. The standard InChI is InChI=1S/C7H7BrClNO/c1-11-7-5(4-9)6(8)2-3-10-7/h2-3H,4H2,1H3. The van der Waals surface area contributed by atoms with Gasteiger partial charge in [0.1, 0.15) is 0 Å². The van der Waals surface area contributed by atoms with Crippen molar-refractivity contribution in [2.45, 2.75) is 5.88 Å². The Hall–Kier alpha value is -0.280. The maximum absolute atomic E-state index is 5.67. The number of hydrogen-bond acceptors (Lipinski definition) is 2. The van der Waals surface area contributed by atoms with Gasteiger partial charge in [0.2, 0.25) is 5.88 Å². The second-order valence-corrected chi connectivity index (χ2v) is 3.04. The summed E-state index contributed by atoms with van der Waals surface area (Å²) in [7, 11) is 1.57. The van der Waals surface area contributed by atoms with Gasteiger partial charge < -0.3 is 4.74 Å². The Labute approximate surface area is 78.7 Å². The van der Waals surface area contributed by atoms with Crippen LogP contribution in [0.2, 0.25) is 0 Å². The van der Waals surface area contributed by atoms with Crippen molar-refractivity contribution in [3.63, 3.8) is 0 Å². The molecule has 0 saturated heterocycles. The SMILES string of the molecule is COc1nccc(Br)c1CCl. The summed E-state index contributed by atoms with van der Waals surface area (Å²) in [5, 5.41) is 0. The van der Waals surface area contributed by atoms with Gasteiger partial charge in [-0.1, -0.05) is 15.9 Å². The first-order valence-electron chi connectivity index (χ1n) is 3.03. The summed E-state index contributed by atoms with van der Waals surface area (Å²) in [6, 6.07) is 1.83. The average Bonchev–Trinajstić information content (AvgIpc) is 2.04. The number of halogens is 2. The lowest BCUT2D eigenvalue weighted by atomic mass is 10.3. The minimum Gasteiger partial charge on any atom is -0.481 e. The first-order valence-corrected chi connectivity index (χ1v) is 4.35. The molecular weight excluding hydrogens is 229 g/mol. The Morgan fingerprint density at radius 1 is 1.73 bits per heavy atom. The number of nitrogens with zero attached hydrogens (tertiary/aromatic N) is 1. The van der Waals surface area contributed by atoms with E-state index in [1.54, 1.807) is 13.3 Å².